The molecule has 2 amide bonds. The Bertz CT molecular complexity index is 993. The SMILES string of the molecule is CCc1ccc(C(=O)N2CCCC(c3cccc(C(=O)NCCC4=CCCCC4)c3)C2)cc1. The molecule has 4 rings (SSSR count). The first kappa shape index (κ1) is 23.3. The molecule has 174 valence electrons. The summed E-state index contributed by atoms with van der Waals surface area (Å²) in [5, 5.41) is 3.09. The van der Waals surface area contributed by atoms with Crippen molar-refractivity contribution in [2.45, 2.75) is 64.2 Å². The third-order valence-corrected chi connectivity index (χ3v) is 7.05. The highest BCUT2D eigenvalue weighted by Gasteiger charge is 2.26. The number of nitrogens with one attached hydrogen (secondary N) is 1. The summed E-state index contributed by atoms with van der Waals surface area (Å²) in [6, 6.07) is 15.9. The van der Waals surface area contributed by atoms with Crippen LogP contribution in [0.25, 0.3) is 0 Å². The van der Waals surface area contributed by atoms with E-state index in [1.54, 1.807) is 0 Å². The number of benzene rings is 2. The summed E-state index contributed by atoms with van der Waals surface area (Å²) >= 11 is 0. The van der Waals surface area contributed by atoms with Crippen molar-refractivity contribution in [3.8, 4) is 0 Å². The van der Waals surface area contributed by atoms with Gasteiger partial charge in [-0.1, -0.05) is 42.8 Å². The van der Waals surface area contributed by atoms with Gasteiger partial charge in [0.25, 0.3) is 11.8 Å². The van der Waals surface area contributed by atoms with Crippen molar-refractivity contribution in [3.05, 3.63) is 82.4 Å². The van der Waals surface area contributed by atoms with Gasteiger partial charge >= 0.3 is 0 Å². The Morgan fingerprint density at radius 2 is 1.88 bits per heavy atom. The third kappa shape index (κ3) is 6.13. The van der Waals surface area contributed by atoms with E-state index in [4.69, 9.17) is 0 Å². The van der Waals surface area contributed by atoms with Crippen molar-refractivity contribution in [3.63, 3.8) is 0 Å². The zero-order chi connectivity index (χ0) is 23.0. The van der Waals surface area contributed by atoms with Crippen LogP contribution in [0.3, 0.4) is 0 Å². The quantitative estimate of drug-likeness (QED) is 0.542. The van der Waals surface area contributed by atoms with E-state index < -0.39 is 0 Å². The van der Waals surface area contributed by atoms with Gasteiger partial charge in [-0.2, -0.15) is 0 Å². The lowest BCUT2D eigenvalue weighted by Crippen LogP contribution is -2.39. The van der Waals surface area contributed by atoms with Gasteiger partial charge in [0.15, 0.2) is 0 Å². The van der Waals surface area contributed by atoms with E-state index in [1.807, 2.05) is 47.4 Å². The van der Waals surface area contributed by atoms with Crippen molar-refractivity contribution in [2.24, 2.45) is 0 Å². The predicted octanol–water partition coefficient (Wildman–Crippen LogP) is 5.89. The molecule has 4 heteroatoms. The number of amides is 2. The summed E-state index contributed by atoms with van der Waals surface area (Å²) in [7, 11) is 0. The number of carbonyl (C=O) groups is 2. The van der Waals surface area contributed by atoms with Crippen molar-refractivity contribution in [1.29, 1.82) is 0 Å². The fraction of sp³-hybridized carbons (Fsp3) is 0.448. The number of hydrogen-bond acceptors (Lipinski definition) is 2. The van der Waals surface area contributed by atoms with E-state index >= 15 is 0 Å². The Balaban J connectivity index is 1.36. The molecule has 1 heterocycles. The molecule has 2 aromatic carbocycles. The molecule has 1 aliphatic carbocycles. The zero-order valence-electron chi connectivity index (χ0n) is 19.8. The second kappa shape index (κ2) is 11.3. The first-order chi connectivity index (χ1) is 16.1. The Morgan fingerprint density at radius 1 is 1.03 bits per heavy atom. The van der Waals surface area contributed by atoms with Gasteiger partial charge in [0, 0.05) is 36.7 Å². The standard InChI is InChI=1S/C29H36N2O2/c1-2-22-13-15-24(16-14-22)29(33)31-19-7-12-27(21-31)25-10-6-11-26(20-25)28(32)30-18-17-23-8-4-3-5-9-23/h6,8,10-11,13-16,20,27H,2-5,7,9,12,17-19,21H2,1H3,(H,30,32). The average Bonchev–Trinajstić information content (AvgIpc) is 2.89. The number of hydrogen-bond donors (Lipinski definition) is 1. The van der Waals surface area contributed by atoms with Gasteiger partial charge < -0.3 is 10.2 Å². The topological polar surface area (TPSA) is 49.4 Å². The van der Waals surface area contributed by atoms with Gasteiger partial charge in [0.2, 0.25) is 0 Å². The summed E-state index contributed by atoms with van der Waals surface area (Å²) in [5.74, 6) is 0.360. The van der Waals surface area contributed by atoms with Crippen LogP contribution in [0.1, 0.15) is 89.6 Å². The largest absolute Gasteiger partial charge is 0.352 e. The van der Waals surface area contributed by atoms with Crippen LogP contribution in [0.4, 0.5) is 0 Å². The summed E-state index contributed by atoms with van der Waals surface area (Å²) < 4.78 is 0. The van der Waals surface area contributed by atoms with Gasteiger partial charge in [-0.15, -0.1) is 0 Å². The third-order valence-electron chi connectivity index (χ3n) is 7.05. The molecule has 0 spiro atoms. The van der Waals surface area contributed by atoms with Gasteiger partial charge in [-0.3, -0.25) is 9.59 Å². The molecule has 1 unspecified atom stereocenters. The van der Waals surface area contributed by atoms with E-state index in [1.165, 1.54) is 36.8 Å². The lowest BCUT2D eigenvalue weighted by atomic mass is 9.89. The van der Waals surface area contributed by atoms with Crippen LogP contribution in [0, 0.1) is 0 Å². The molecular weight excluding hydrogens is 408 g/mol. The Hall–Kier alpha value is -2.88. The monoisotopic (exact) mass is 444 g/mol. The summed E-state index contributed by atoms with van der Waals surface area (Å²) in [4.78, 5) is 27.8. The smallest absolute Gasteiger partial charge is 0.253 e. The van der Waals surface area contributed by atoms with Gasteiger partial charge in [0.05, 0.1) is 0 Å². The lowest BCUT2D eigenvalue weighted by molar-refractivity contribution is 0.0706. The Morgan fingerprint density at radius 3 is 2.64 bits per heavy atom. The maximum absolute atomic E-state index is 13.1. The fourth-order valence-electron chi connectivity index (χ4n) is 5.00. The van der Waals surface area contributed by atoms with Crippen LogP contribution in [0.5, 0.6) is 0 Å². The maximum atomic E-state index is 13.1. The minimum Gasteiger partial charge on any atom is -0.352 e. The van der Waals surface area contributed by atoms with Gasteiger partial charge in [-0.25, -0.2) is 0 Å². The minimum atomic E-state index is -0.00647. The molecule has 2 aliphatic rings. The highest BCUT2D eigenvalue weighted by molar-refractivity contribution is 5.95. The number of aryl methyl sites for hydroxylation is 1. The highest BCUT2D eigenvalue weighted by atomic mass is 16.2. The molecule has 1 aliphatic heterocycles. The van der Waals surface area contributed by atoms with E-state index in [9.17, 15) is 9.59 Å². The van der Waals surface area contributed by atoms with Crippen LogP contribution in [-0.4, -0.2) is 36.3 Å². The van der Waals surface area contributed by atoms with Crippen LogP contribution in [0.2, 0.25) is 0 Å². The van der Waals surface area contributed by atoms with Crippen molar-refractivity contribution in [2.75, 3.05) is 19.6 Å². The molecule has 0 aromatic heterocycles. The first-order valence-electron chi connectivity index (χ1n) is 12.6. The summed E-state index contributed by atoms with van der Waals surface area (Å²) in [5.41, 5.74) is 5.34. The van der Waals surface area contributed by atoms with E-state index in [0.717, 1.165) is 43.4 Å². The molecule has 1 N–H and O–H groups in total. The lowest BCUT2D eigenvalue weighted by Gasteiger charge is -2.33. The number of carbonyl (C=O) groups excluding carboxylic acids is 2. The fourth-order valence-corrected chi connectivity index (χ4v) is 5.00. The summed E-state index contributed by atoms with van der Waals surface area (Å²) in [6.07, 6.45) is 11.2. The molecule has 1 fully saturated rings. The molecular formula is C29H36N2O2. The Labute approximate surface area is 198 Å². The maximum Gasteiger partial charge on any atom is 0.253 e. The minimum absolute atomic E-state index is 0.00647. The molecule has 0 saturated carbocycles. The number of likely N-dealkylation sites (tertiary alicyclic amines) is 1. The van der Waals surface area contributed by atoms with Crippen LogP contribution >= 0.6 is 0 Å². The van der Waals surface area contributed by atoms with Crippen molar-refractivity contribution < 1.29 is 9.59 Å². The average molecular weight is 445 g/mol. The van der Waals surface area contributed by atoms with Crippen molar-refractivity contribution in [1.82, 2.24) is 10.2 Å². The van der Waals surface area contributed by atoms with Crippen LogP contribution in [-0.2, 0) is 6.42 Å². The molecule has 2 aromatic rings. The normalized spacial score (nSPS) is 18.5. The number of nitrogens with zero attached hydrogens (tertiary/aromatic N) is 1. The molecule has 1 saturated heterocycles. The van der Waals surface area contributed by atoms with Gasteiger partial charge in [0.1, 0.15) is 0 Å². The molecule has 1 atom stereocenters. The highest BCUT2D eigenvalue weighted by Crippen LogP contribution is 2.28. The molecule has 33 heavy (non-hydrogen) atoms. The number of piperidine rings is 1. The predicted molar refractivity (Wildman–Crippen MR) is 134 cm³/mol. The van der Waals surface area contributed by atoms with E-state index in [0.29, 0.717) is 18.7 Å². The second-order valence-corrected chi connectivity index (χ2v) is 9.38. The number of rotatable bonds is 7. The van der Waals surface area contributed by atoms with Crippen LogP contribution in [0.15, 0.2) is 60.2 Å². The van der Waals surface area contributed by atoms with E-state index in [-0.39, 0.29) is 17.7 Å². The molecule has 0 radical (unpaired) electrons. The van der Waals surface area contributed by atoms with Gasteiger partial charge in [-0.05, 0) is 86.8 Å². The number of allylic oxidation sites excluding steroid dienone is 1. The first-order valence-corrected chi connectivity index (χ1v) is 12.6. The molecule has 0 bridgehead atoms. The molecule has 4 nitrogen and oxygen atoms in total. The van der Waals surface area contributed by atoms with Crippen molar-refractivity contribution >= 4 is 11.8 Å². The van der Waals surface area contributed by atoms with Crippen LogP contribution < -0.4 is 5.32 Å². The Kier molecular flexibility index (Phi) is 7.98. The zero-order valence-corrected chi connectivity index (χ0v) is 19.8. The second-order valence-electron chi connectivity index (χ2n) is 9.38. The van der Waals surface area contributed by atoms with E-state index in [2.05, 4.69) is 24.4 Å². The summed E-state index contributed by atoms with van der Waals surface area (Å²) in [6.45, 7) is 4.31.